The lowest BCUT2D eigenvalue weighted by atomic mass is 9.73. The van der Waals surface area contributed by atoms with Crippen LogP contribution in [0.2, 0.25) is 0 Å². The fourth-order valence-electron chi connectivity index (χ4n) is 7.80. The summed E-state index contributed by atoms with van der Waals surface area (Å²) in [4.78, 5) is 37.3. The summed E-state index contributed by atoms with van der Waals surface area (Å²) in [5.74, 6) is 0.233. The monoisotopic (exact) mass is 621 g/mol. The minimum absolute atomic E-state index is 0.0141. The first kappa shape index (κ1) is 32.4. The third-order valence-electron chi connectivity index (χ3n) is 10.2. The van der Waals surface area contributed by atoms with Gasteiger partial charge in [-0.25, -0.2) is 0 Å². The summed E-state index contributed by atoms with van der Waals surface area (Å²) in [6.45, 7) is 12.3. The Kier molecular flexibility index (Phi) is 9.36. The van der Waals surface area contributed by atoms with Crippen LogP contribution in [0, 0.1) is 10.8 Å². The summed E-state index contributed by atoms with van der Waals surface area (Å²) in [7, 11) is 0. The zero-order chi connectivity index (χ0) is 32.4. The van der Waals surface area contributed by atoms with Crippen molar-refractivity contribution in [2.45, 2.75) is 90.4 Å². The van der Waals surface area contributed by atoms with E-state index in [2.05, 4.69) is 86.9 Å². The van der Waals surface area contributed by atoms with Gasteiger partial charge in [0.1, 0.15) is 6.04 Å². The standard InChI is InChI=1S/C39H51N5O2/c1-37(2,3)42-35(45)34-26-43(25-30-13-10-20-40-24-30)21-22-44(34)28-39(18-19-39)27-38(4,23-29-11-6-5-7-12-29)36(46)41-33-17-16-31-14-8-9-15-32(31)33/h5-15,20,24,33-34H,16-19,21-23,25-28H2,1-4H3,(H,41,46)(H,42,45)/t33-,34+,38-/m1/s1. The zero-order valence-electron chi connectivity index (χ0n) is 28.1. The molecule has 2 fully saturated rings. The number of amides is 2. The molecule has 1 saturated carbocycles. The number of nitrogens with one attached hydrogen (secondary N) is 2. The highest BCUT2D eigenvalue weighted by atomic mass is 16.2. The number of carbonyl (C=O) groups is 2. The van der Waals surface area contributed by atoms with Crippen LogP contribution in [0.4, 0.5) is 0 Å². The second kappa shape index (κ2) is 13.3. The van der Waals surface area contributed by atoms with Crippen LogP contribution >= 0.6 is 0 Å². The number of nitrogens with zero attached hydrogens (tertiary/aromatic N) is 3. The van der Waals surface area contributed by atoms with E-state index in [1.54, 1.807) is 6.20 Å². The summed E-state index contributed by atoms with van der Waals surface area (Å²) in [6.07, 6.45) is 9.34. The van der Waals surface area contributed by atoms with E-state index in [0.717, 1.165) is 63.8 Å². The van der Waals surface area contributed by atoms with E-state index in [4.69, 9.17) is 0 Å². The zero-order valence-corrected chi connectivity index (χ0v) is 28.1. The third kappa shape index (κ3) is 7.87. The molecule has 0 bridgehead atoms. The number of fused-ring (bicyclic) bond motifs is 1. The van der Waals surface area contributed by atoms with Gasteiger partial charge < -0.3 is 10.6 Å². The summed E-state index contributed by atoms with van der Waals surface area (Å²) in [5, 5.41) is 6.78. The molecule has 1 aliphatic heterocycles. The van der Waals surface area contributed by atoms with E-state index in [9.17, 15) is 9.59 Å². The molecule has 2 N–H and O–H groups in total. The van der Waals surface area contributed by atoms with Crippen molar-refractivity contribution in [3.05, 3.63) is 101 Å². The Labute approximate surface area is 275 Å². The Hall–Kier alpha value is -3.55. The highest BCUT2D eigenvalue weighted by Crippen LogP contribution is 2.55. The van der Waals surface area contributed by atoms with Crippen molar-refractivity contribution in [1.82, 2.24) is 25.4 Å². The Morgan fingerprint density at radius 1 is 0.935 bits per heavy atom. The number of piperazine rings is 1. The van der Waals surface area contributed by atoms with Crippen molar-refractivity contribution >= 4 is 11.8 Å². The molecular weight excluding hydrogens is 570 g/mol. The lowest BCUT2D eigenvalue weighted by Gasteiger charge is -2.44. The smallest absolute Gasteiger partial charge is 0.239 e. The fourth-order valence-corrected chi connectivity index (χ4v) is 7.80. The van der Waals surface area contributed by atoms with Crippen LogP contribution in [-0.4, -0.2) is 64.4 Å². The summed E-state index contributed by atoms with van der Waals surface area (Å²) in [6, 6.07) is 22.9. The summed E-state index contributed by atoms with van der Waals surface area (Å²) in [5.41, 5.74) is 4.10. The van der Waals surface area contributed by atoms with Gasteiger partial charge in [0.2, 0.25) is 11.8 Å². The average Bonchev–Trinajstić information content (AvgIpc) is 3.65. The molecule has 46 heavy (non-hydrogen) atoms. The molecule has 244 valence electrons. The molecule has 0 unspecified atom stereocenters. The van der Waals surface area contributed by atoms with Crippen LogP contribution < -0.4 is 10.6 Å². The molecule has 3 aromatic rings. The number of aryl methyl sites for hydroxylation is 1. The largest absolute Gasteiger partial charge is 0.350 e. The topological polar surface area (TPSA) is 77.6 Å². The lowest BCUT2D eigenvalue weighted by molar-refractivity contribution is -0.134. The summed E-state index contributed by atoms with van der Waals surface area (Å²) < 4.78 is 0. The van der Waals surface area contributed by atoms with Gasteiger partial charge in [-0.15, -0.1) is 0 Å². The number of pyridine rings is 1. The highest BCUT2D eigenvalue weighted by Gasteiger charge is 2.52. The van der Waals surface area contributed by atoms with E-state index in [1.807, 2.05) is 39.1 Å². The van der Waals surface area contributed by atoms with E-state index < -0.39 is 5.41 Å². The van der Waals surface area contributed by atoms with Crippen LogP contribution in [0.3, 0.4) is 0 Å². The Balaban J connectivity index is 1.20. The van der Waals surface area contributed by atoms with E-state index >= 15 is 0 Å². The molecule has 2 heterocycles. The number of aromatic nitrogens is 1. The van der Waals surface area contributed by atoms with Gasteiger partial charge in [0.05, 0.1) is 11.5 Å². The second-order valence-electron chi connectivity index (χ2n) is 15.5. The molecular formula is C39H51N5O2. The van der Waals surface area contributed by atoms with Crippen LogP contribution in [-0.2, 0) is 29.0 Å². The van der Waals surface area contributed by atoms with Gasteiger partial charge in [-0.1, -0.05) is 67.6 Å². The van der Waals surface area contributed by atoms with Gasteiger partial charge >= 0.3 is 0 Å². The average molecular weight is 622 g/mol. The Bertz CT molecular complexity index is 1500. The number of rotatable bonds is 11. The van der Waals surface area contributed by atoms with E-state index in [1.165, 1.54) is 16.7 Å². The fraction of sp³-hybridized carbons (Fsp3) is 0.513. The van der Waals surface area contributed by atoms with Crippen molar-refractivity contribution < 1.29 is 9.59 Å². The van der Waals surface area contributed by atoms with Gasteiger partial charge in [-0.05, 0) is 93.0 Å². The van der Waals surface area contributed by atoms with Crippen molar-refractivity contribution in [3.63, 3.8) is 0 Å². The maximum Gasteiger partial charge on any atom is 0.239 e. The molecule has 1 saturated heterocycles. The molecule has 1 aromatic heterocycles. The molecule has 3 atom stereocenters. The second-order valence-corrected chi connectivity index (χ2v) is 15.5. The highest BCUT2D eigenvalue weighted by molar-refractivity contribution is 5.84. The van der Waals surface area contributed by atoms with Crippen molar-refractivity contribution in [1.29, 1.82) is 0 Å². The maximum absolute atomic E-state index is 14.4. The van der Waals surface area contributed by atoms with Crippen molar-refractivity contribution in [3.8, 4) is 0 Å². The third-order valence-corrected chi connectivity index (χ3v) is 10.2. The maximum atomic E-state index is 14.4. The van der Waals surface area contributed by atoms with Gasteiger partial charge in [-0.3, -0.25) is 24.4 Å². The quantitative estimate of drug-likeness (QED) is 0.287. The first-order valence-corrected chi connectivity index (χ1v) is 17.1. The minimum Gasteiger partial charge on any atom is -0.350 e. The number of hydrogen-bond donors (Lipinski definition) is 2. The van der Waals surface area contributed by atoms with Crippen LogP contribution in [0.25, 0.3) is 0 Å². The van der Waals surface area contributed by atoms with E-state index in [0.29, 0.717) is 13.0 Å². The SMILES string of the molecule is CC(C)(C)NC(=O)[C@@H]1CN(Cc2cccnc2)CCN1CC1(C[C@@](C)(Cc2ccccc2)C(=O)N[C@@H]2CCc3ccccc32)CC1. The van der Waals surface area contributed by atoms with Crippen LogP contribution in [0.15, 0.2) is 79.1 Å². The first-order valence-electron chi connectivity index (χ1n) is 17.1. The molecule has 6 rings (SSSR count). The predicted molar refractivity (Wildman–Crippen MR) is 183 cm³/mol. The molecule has 0 spiro atoms. The van der Waals surface area contributed by atoms with Gasteiger partial charge in [0.25, 0.3) is 0 Å². The lowest BCUT2D eigenvalue weighted by Crippen LogP contribution is -2.61. The van der Waals surface area contributed by atoms with Crippen LogP contribution in [0.5, 0.6) is 0 Å². The van der Waals surface area contributed by atoms with Gasteiger partial charge in [0, 0.05) is 50.7 Å². The molecule has 2 aromatic carbocycles. The Morgan fingerprint density at radius 3 is 2.39 bits per heavy atom. The normalized spacial score (nSPS) is 22.4. The minimum atomic E-state index is -0.569. The summed E-state index contributed by atoms with van der Waals surface area (Å²) >= 11 is 0. The molecule has 7 nitrogen and oxygen atoms in total. The molecule has 2 aliphatic carbocycles. The predicted octanol–water partition coefficient (Wildman–Crippen LogP) is 5.71. The molecule has 3 aliphatic rings. The van der Waals surface area contributed by atoms with Crippen molar-refractivity contribution in [2.75, 3.05) is 26.2 Å². The number of carbonyl (C=O) groups excluding carboxylic acids is 2. The molecule has 7 heteroatoms. The van der Waals surface area contributed by atoms with Crippen molar-refractivity contribution in [2.24, 2.45) is 10.8 Å². The van der Waals surface area contributed by atoms with E-state index in [-0.39, 0.29) is 34.9 Å². The Morgan fingerprint density at radius 2 is 1.67 bits per heavy atom. The number of benzene rings is 2. The molecule has 0 radical (unpaired) electrons. The van der Waals surface area contributed by atoms with Gasteiger partial charge in [-0.2, -0.15) is 0 Å². The van der Waals surface area contributed by atoms with Gasteiger partial charge in [0.15, 0.2) is 0 Å². The van der Waals surface area contributed by atoms with Crippen LogP contribution in [0.1, 0.15) is 81.7 Å². The number of hydrogen-bond acceptors (Lipinski definition) is 5. The molecule has 2 amide bonds. The first-order chi connectivity index (χ1) is 22.0.